The molecule has 0 aliphatic rings. The second-order valence-corrected chi connectivity index (χ2v) is 5.53. The minimum Gasteiger partial charge on any atom is -0.490 e. The second kappa shape index (κ2) is 11.2. The van der Waals surface area contributed by atoms with Crippen molar-refractivity contribution in [3.05, 3.63) is 22.7 Å². The first-order chi connectivity index (χ1) is 10.7. The average Bonchev–Trinajstić information content (AvgIpc) is 2.49. The molecule has 0 heterocycles. The van der Waals surface area contributed by atoms with Gasteiger partial charge in [0.25, 0.3) is 0 Å². The number of rotatable bonds is 11. The molecule has 1 aromatic rings. The van der Waals surface area contributed by atoms with Crippen LogP contribution in [0, 0.1) is 0 Å². The maximum Gasteiger partial charge on any atom is 0.179 e. The van der Waals surface area contributed by atoms with Gasteiger partial charge in [-0.2, -0.15) is 0 Å². The third-order valence-corrected chi connectivity index (χ3v) is 3.56. The zero-order valence-corrected chi connectivity index (χ0v) is 14.2. The largest absolute Gasteiger partial charge is 0.490 e. The molecule has 0 aliphatic heterocycles. The van der Waals surface area contributed by atoms with Gasteiger partial charge in [0, 0.05) is 5.56 Å². The van der Waals surface area contributed by atoms with Crippen LogP contribution >= 0.6 is 11.6 Å². The minimum atomic E-state index is 0.465. The van der Waals surface area contributed by atoms with Crippen molar-refractivity contribution in [2.75, 3.05) is 13.2 Å². The fourth-order valence-corrected chi connectivity index (χ4v) is 2.46. The van der Waals surface area contributed by atoms with E-state index >= 15 is 0 Å². The van der Waals surface area contributed by atoms with E-state index in [0.717, 1.165) is 12.8 Å². The molecule has 0 amide bonds. The lowest BCUT2D eigenvalue weighted by atomic mass is 10.1. The molecule has 0 atom stereocenters. The van der Waals surface area contributed by atoms with Crippen molar-refractivity contribution in [1.82, 2.24) is 0 Å². The van der Waals surface area contributed by atoms with E-state index in [1.807, 2.05) is 6.92 Å². The van der Waals surface area contributed by atoms with Gasteiger partial charge < -0.3 is 14.7 Å². The Balaban J connectivity index is 2.57. The summed E-state index contributed by atoms with van der Waals surface area (Å²) in [4.78, 5) is 0. The molecule has 5 heteroatoms. The molecular formula is C17H26ClNO3. The van der Waals surface area contributed by atoms with Gasteiger partial charge in [0.05, 0.1) is 24.5 Å². The van der Waals surface area contributed by atoms with Crippen LogP contribution in [0.1, 0.15) is 57.9 Å². The van der Waals surface area contributed by atoms with Crippen LogP contribution in [-0.4, -0.2) is 24.6 Å². The molecule has 0 spiro atoms. The highest BCUT2D eigenvalue weighted by Crippen LogP contribution is 2.36. The summed E-state index contributed by atoms with van der Waals surface area (Å²) in [6, 6.07) is 3.45. The van der Waals surface area contributed by atoms with Crippen molar-refractivity contribution in [2.24, 2.45) is 5.16 Å². The molecule has 0 saturated heterocycles. The molecule has 1 aromatic carbocycles. The van der Waals surface area contributed by atoms with E-state index in [1.54, 1.807) is 12.1 Å². The standard InChI is InChI=1S/C17H26ClNO3/c1-3-5-6-7-8-9-10-22-17-15(18)11-14(13-19-20)12-16(17)21-4-2/h11-13,20H,3-10H2,1-2H3/b19-13+. The van der Waals surface area contributed by atoms with Crippen LogP contribution in [0.4, 0.5) is 0 Å². The SMILES string of the molecule is CCCCCCCCOc1c(Cl)cc(/C=N/O)cc1OCC. The number of halogens is 1. The van der Waals surface area contributed by atoms with E-state index in [2.05, 4.69) is 12.1 Å². The van der Waals surface area contributed by atoms with Crippen LogP contribution in [-0.2, 0) is 0 Å². The normalized spacial score (nSPS) is 11.0. The van der Waals surface area contributed by atoms with Crippen molar-refractivity contribution in [3.63, 3.8) is 0 Å². The zero-order valence-electron chi connectivity index (χ0n) is 13.5. The van der Waals surface area contributed by atoms with Gasteiger partial charge in [0.2, 0.25) is 0 Å². The Bertz CT molecular complexity index is 463. The number of nitrogens with zero attached hydrogens (tertiary/aromatic N) is 1. The Morgan fingerprint density at radius 1 is 1.09 bits per heavy atom. The van der Waals surface area contributed by atoms with Gasteiger partial charge in [-0.3, -0.25) is 0 Å². The molecule has 4 nitrogen and oxygen atoms in total. The maximum absolute atomic E-state index is 8.62. The third-order valence-electron chi connectivity index (χ3n) is 3.28. The fraction of sp³-hybridized carbons (Fsp3) is 0.588. The maximum atomic E-state index is 8.62. The van der Waals surface area contributed by atoms with Crippen molar-refractivity contribution in [1.29, 1.82) is 0 Å². The first-order valence-electron chi connectivity index (χ1n) is 7.99. The summed E-state index contributed by atoms with van der Waals surface area (Å²) in [6.07, 6.45) is 8.57. The molecular weight excluding hydrogens is 302 g/mol. The quantitative estimate of drug-likeness (QED) is 0.260. The van der Waals surface area contributed by atoms with E-state index in [0.29, 0.717) is 35.3 Å². The summed E-state index contributed by atoms with van der Waals surface area (Å²) in [6.45, 7) is 5.26. The molecule has 0 saturated carbocycles. The number of unbranched alkanes of at least 4 members (excludes halogenated alkanes) is 5. The molecule has 1 N–H and O–H groups in total. The monoisotopic (exact) mass is 327 g/mol. The van der Waals surface area contributed by atoms with Crippen LogP contribution in [0.5, 0.6) is 11.5 Å². The summed E-state index contributed by atoms with van der Waals surface area (Å²) in [5, 5.41) is 12.1. The van der Waals surface area contributed by atoms with Gasteiger partial charge in [-0.25, -0.2) is 0 Å². The zero-order chi connectivity index (χ0) is 16.2. The highest BCUT2D eigenvalue weighted by atomic mass is 35.5. The predicted molar refractivity (Wildman–Crippen MR) is 90.9 cm³/mol. The number of benzene rings is 1. The van der Waals surface area contributed by atoms with Crippen LogP contribution in [0.15, 0.2) is 17.3 Å². The van der Waals surface area contributed by atoms with Crippen LogP contribution in [0.2, 0.25) is 5.02 Å². The van der Waals surface area contributed by atoms with Crippen molar-refractivity contribution in [2.45, 2.75) is 52.4 Å². The lowest BCUT2D eigenvalue weighted by molar-refractivity contribution is 0.270. The van der Waals surface area contributed by atoms with Crippen molar-refractivity contribution in [3.8, 4) is 11.5 Å². The Morgan fingerprint density at radius 2 is 1.82 bits per heavy atom. The molecule has 0 unspecified atom stereocenters. The summed E-state index contributed by atoms with van der Waals surface area (Å²) in [5.74, 6) is 1.14. The Labute approximate surface area is 138 Å². The van der Waals surface area contributed by atoms with Gasteiger partial charge in [0.1, 0.15) is 0 Å². The highest BCUT2D eigenvalue weighted by molar-refractivity contribution is 6.32. The number of hydrogen-bond acceptors (Lipinski definition) is 4. The Morgan fingerprint density at radius 3 is 2.50 bits per heavy atom. The lowest BCUT2D eigenvalue weighted by Crippen LogP contribution is -2.02. The van der Waals surface area contributed by atoms with Crippen molar-refractivity contribution >= 4 is 17.8 Å². The molecule has 1 rings (SSSR count). The molecule has 22 heavy (non-hydrogen) atoms. The van der Waals surface area contributed by atoms with E-state index in [1.165, 1.54) is 31.9 Å². The van der Waals surface area contributed by atoms with Crippen LogP contribution in [0.25, 0.3) is 0 Å². The Kier molecular flexibility index (Phi) is 9.47. The van der Waals surface area contributed by atoms with Gasteiger partial charge in [-0.15, -0.1) is 0 Å². The molecule has 0 aromatic heterocycles. The average molecular weight is 328 g/mol. The minimum absolute atomic E-state index is 0.465. The van der Waals surface area contributed by atoms with E-state index < -0.39 is 0 Å². The summed E-state index contributed by atoms with van der Waals surface area (Å²) < 4.78 is 11.4. The van der Waals surface area contributed by atoms with Gasteiger partial charge in [-0.05, 0) is 25.5 Å². The molecule has 0 bridgehead atoms. The molecule has 0 radical (unpaired) electrons. The number of oxime groups is 1. The number of hydrogen-bond donors (Lipinski definition) is 1. The van der Waals surface area contributed by atoms with Gasteiger partial charge in [-0.1, -0.05) is 55.8 Å². The summed E-state index contributed by atoms with van der Waals surface area (Å²) in [5.41, 5.74) is 0.669. The smallest absolute Gasteiger partial charge is 0.179 e. The summed E-state index contributed by atoms with van der Waals surface area (Å²) in [7, 11) is 0. The topological polar surface area (TPSA) is 51.0 Å². The first kappa shape index (κ1) is 18.6. The molecule has 0 fully saturated rings. The van der Waals surface area contributed by atoms with Crippen molar-refractivity contribution < 1.29 is 14.7 Å². The Hall–Kier alpha value is -1.42. The highest BCUT2D eigenvalue weighted by Gasteiger charge is 2.12. The van der Waals surface area contributed by atoms with Crippen LogP contribution in [0.3, 0.4) is 0 Å². The molecule has 0 aliphatic carbocycles. The predicted octanol–water partition coefficient (Wildman–Crippen LogP) is 5.29. The fourth-order valence-electron chi connectivity index (χ4n) is 2.19. The number of ether oxygens (including phenoxy) is 2. The third kappa shape index (κ3) is 6.56. The molecule has 124 valence electrons. The second-order valence-electron chi connectivity index (χ2n) is 5.12. The van der Waals surface area contributed by atoms with Gasteiger partial charge >= 0.3 is 0 Å². The van der Waals surface area contributed by atoms with E-state index in [4.69, 9.17) is 26.3 Å². The van der Waals surface area contributed by atoms with Crippen LogP contribution < -0.4 is 9.47 Å². The van der Waals surface area contributed by atoms with Gasteiger partial charge in [0.15, 0.2) is 11.5 Å². The lowest BCUT2D eigenvalue weighted by Gasteiger charge is -2.14. The first-order valence-corrected chi connectivity index (χ1v) is 8.37. The summed E-state index contributed by atoms with van der Waals surface area (Å²) >= 11 is 6.24. The van der Waals surface area contributed by atoms with E-state index in [9.17, 15) is 0 Å². The van der Waals surface area contributed by atoms with E-state index in [-0.39, 0.29) is 0 Å².